The molecule has 2 heterocycles. The number of carbonyl (C=O) groups excluding carboxylic acids is 2. The van der Waals surface area contributed by atoms with Gasteiger partial charge in [0.25, 0.3) is 0 Å². The minimum absolute atomic E-state index is 0.159. The van der Waals surface area contributed by atoms with Gasteiger partial charge in [-0.3, -0.25) is 9.69 Å². The minimum atomic E-state index is -0.538. The Morgan fingerprint density at radius 2 is 2.12 bits per heavy atom. The van der Waals surface area contributed by atoms with Crippen LogP contribution in [0.4, 0.5) is 20.6 Å². The SMILES string of the molecule is CC(=O)NCC1COC(=O)N1c1ccc(N2CCOCC2)c(F)c1. The number of ether oxygens (including phenoxy) is 2. The minimum Gasteiger partial charge on any atom is -0.447 e. The van der Waals surface area contributed by atoms with Crippen LogP contribution in [0.5, 0.6) is 0 Å². The molecule has 0 radical (unpaired) electrons. The molecular weight excluding hydrogens is 317 g/mol. The van der Waals surface area contributed by atoms with Crippen LogP contribution in [-0.4, -0.2) is 57.5 Å². The summed E-state index contributed by atoms with van der Waals surface area (Å²) in [5.74, 6) is -0.587. The fourth-order valence-electron chi connectivity index (χ4n) is 2.89. The van der Waals surface area contributed by atoms with Gasteiger partial charge < -0.3 is 19.7 Å². The van der Waals surface area contributed by atoms with Crippen LogP contribution in [0.25, 0.3) is 0 Å². The number of halogens is 1. The van der Waals surface area contributed by atoms with Crippen molar-refractivity contribution in [3.05, 3.63) is 24.0 Å². The van der Waals surface area contributed by atoms with Gasteiger partial charge in [-0.2, -0.15) is 0 Å². The Labute approximate surface area is 139 Å². The van der Waals surface area contributed by atoms with E-state index in [1.54, 1.807) is 12.1 Å². The lowest BCUT2D eigenvalue weighted by Crippen LogP contribution is -2.42. The molecule has 0 aliphatic carbocycles. The molecule has 2 aliphatic rings. The Kier molecular flexibility index (Phi) is 4.84. The summed E-state index contributed by atoms with van der Waals surface area (Å²) in [7, 11) is 0. The van der Waals surface area contributed by atoms with Crippen molar-refractivity contribution < 1.29 is 23.5 Å². The lowest BCUT2D eigenvalue weighted by molar-refractivity contribution is -0.119. The third-order valence-electron chi connectivity index (χ3n) is 4.11. The molecule has 0 bridgehead atoms. The summed E-state index contributed by atoms with van der Waals surface area (Å²) in [4.78, 5) is 26.3. The molecule has 24 heavy (non-hydrogen) atoms. The number of carbonyl (C=O) groups is 2. The normalized spacial score (nSPS) is 20.9. The molecule has 0 saturated carbocycles. The Balaban J connectivity index is 1.78. The maximum atomic E-state index is 14.5. The van der Waals surface area contributed by atoms with Gasteiger partial charge in [-0.05, 0) is 18.2 Å². The van der Waals surface area contributed by atoms with Crippen molar-refractivity contribution in [3.8, 4) is 0 Å². The standard InChI is InChI=1S/C16H20FN3O4/c1-11(21)18-9-13-10-24-16(22)20(13)12-2-3-15(14(17)8-12)19-4-6-23-7-5-19/h2-3,8,13H,4-7,9-10H2,1H3,(H,18,21). The molecular formula is C16H20FN3O4. The number of hydrogen-bond acceptors (Lipinski definition) is 5. The third-order valence-corrected chi connectivity index (χ3v) is 4.11. The molecule has 2 amide bonds. The van der Waals surface area contributed by atoms with Crippen molar-refractivity contribution in [3.63, 3.8) is 0 Å². The first-order chi connectivity index (χ1) is 11.6. The van der Waals surface area contributed by atoms with E-state index in [1.807, 2.05) is 4.90 Å². The number of rotatable bonds is 4. The number of benzene rings is 1. The van der Waals surface area contributed by atoms with Gasteiger partial charge >= 0.3 is 6.09 Å². The van der Waals surface area contributed by atoms with E-state index in [1.165, 1.54) is 17.9 Å². The molecule has 8 heteroatoms. The van der Waals surface area contributed by atoms with Crippen molar-refractivity contribution in [1.82, 2.24) is 5.32 Å². The number of hydrogen-bond donors (Lipinski definition) is 1. The highest BCUT2D eigenvalue weighted by Crippen LogP contribution is 2.29. The van der Waals surface area contributed by atoms with Gasteiger partial charge in [-0.15, -0.1) is 0 Å². The molecule has 2 aliphatic heterocycles. The summed E-state index contributed by atoms with van der Waals surface area (Å²) in [6, 6.07) is 4.34. The van der Waals surface area contributed by atoms with Gasteiger partial charge in [-0.25, -0.2) is 9.18 Å². The average molecular weight is 337 g/mol. The highest BCUT2D eigenvalue weighted by molar-refractivity contribution is 5.90. The van der Waals surface area contributed by atoms with Gasteiger partial charge in [0.1, 0.15) is 12.4 Å². The lowest BCUT2D eigenvalue weighted by Gasteiger charge is -2.30. The molecule has 1 unspecified atom stereocenters. The summed E-state index contributed by atoms with van der Waals surface area (Å²) in [6.45, 7) is 4.22. The van der Waals surface area contributed by atoms with Crippen LogP contribution in [0.2, 0.25) is 0 Å². The summed E-state index contributed by atoms with van der Waals surface area (Å²) in [5, 5.41) is 2.66. The van der Waals surface area contributed by atoms with Crippen molar-refractivity contribution in [1.29, 1.82) is 0 Å². The number of amides is 2. The molecule has 0 aromatic heterocycles. The number of anilines is 2. The van der Waals surface area contributed by atoms with E-state index in [2.05, 4.69) is 5.32 Å². The first-order valence-corrected chi connectivity index (χ1v) is 7.89. The third kappa shape index (κ3) is 3.43. The van der Waals surface area contributed by atoms with Gasteiger partial charge in [0.2, 0.25) is 5.91 Å². The maximum absolute atomic E-state index is 14.5. The molecule has 130 valence electrons. The van der Waals surface area contributed by atoms with E-state index in [9.17, 15) is 14.0 Å². The number of nitrogens with zero attached hydrogens (tertiary/aromatic N) is 2. The Hall–Kier alpha value is -2.35. The molecule has 3 rings (SSSR count). The van der Waals surface area contributed by atoms with Crippen molar-refractivity contribution in [2.75, 3.05) is 49.3 Å². The van der Waals surface area contributed by atoms with Gasteiger partial charge in [0.15, 0.2) is 0 Å². The Bertz CT molecular complexity index is 634. The first kappa shape index (κ1) is 16.5. The zero-order valence-electron chi connectivity index (χ0n) is 13.5. The van der Waals surface area contributed by atoms with E-state index in [0.717, 1.165) is 0 Å². The van der Waals surface area contributed by atoms with Gasteiger partial charge in [0, 0.05) is 26.6 Å². The average Bonchev–Trinajstić information content (AvgIpc) is 2.94. The van der Waals surface area contributed by atoms with Gasteiger partial charge in [0.05, 0.1) is 30.6 Å². The van der Waals surface area contributed by atoms with Crippen LogP contribution in [0.1, 0.15) is 6.92 Å². The molecule has 1 N–H and O–H groups in total. The van der Waals surface area contributed by atoms with Crippen LogP contribution in [0, 0.1) is 5.82 Å². The summed E-state index contributed by atoms with van der Waals surface area (Å²) in [5.41, 5.74) is 0.912. The molecule has 1 aromatic carbocycles. The maximum Gasteiger partial charge on any atom is 0.414 e. The quantitative estimate of drug-likeness (QED) is 0.892. The molecule has 2 saturated heterocycles. The Morgan fingerprint density at radius 3 is 2.79 bits per heavy atom. The van der Waals surface area contributed by atoms with E-state index in [-0.39, 0.29) is 25.1 Å². The Morgan fingerprint density at radius 1 is 1.38 bits per heavy atom. The summed E-state index contributed by atoms with van der Waals surface area (Å²) < 4.78 is 24.8. The van der Waals surface area contributed by atoms with Crippen LogP contribution in [0.3, 0.4) is 0 Å². The molecule has 1 atom stereocenters. The van der Waals surface area contributed by atoms with Gasteiger partial charge in [-0.1, -0.05) is 0 Å². The zero-order chi connectivity index (χ0) is 17.1. The largest absolute Gasteiger partial charge is 0.447 e. The fraction of sp³-hybridized carbons (Fsp3) is 0.500. The monoisotopic (exact) mass is 337 g/mol. The summed E-state index contributed by atoms with van der Waals surface area (Å²) >= 11 is 0. The molecule has 0 spiro atoms. The lowest BCUT2D eigenvalue weighted by atomic mass is 10.2. The number of cyclic esters (lactones) is 1. The second-order valence-electron chi connectivity index (χ2n) is 5.77. The smallest absolute Gasteiger partial charge is 0.414 e. The fourth-order valence-corrected chi connectivity index (χ4v) is 2.89. The van der Waals surface area contributed by atoms with Crippen molar-refractivity contribution in [2.24, 2.45) is 0 Å². The topological polar surface area (TPSA) is 71.1 Å². The predicted octanol–water partition coefficient (Wildman–Crippen LogP) is 1.12. The highest BCUT2D eigenvalue weighted by atomic mass is 19.1. The van der Waals surface area contributed by atoms with Crippen LogP contribution in [0.15, 0.2) is 18.2 Å². The molecule has 2 fully saturated rings. The molecule has 7 nitrogen and oxygen atoms in total. The number of morpholine rings is 1. The van der Waals surface area contributed by atoms with E-state index in [4.69, 9.17) is 9.47 Å². The van der Waals surface area contributed by atoms with E-state index >= 15 is 0 Å². The van der Waals surface area contributed by atoms with E-state index in [0.29, 0.717) is 37.7 Å². The summed E-state index contributed by atoms with van der Waals surface area (Å²) in [6.07, 6.45) is -0.538. The first-order valence-electron chi connectivity index (χ1n) is 7.89. The highest BCUT2D eigenvalue weighted by Gasteiger charge is 2.34. The second kappa shape index (κ2) is 7.04. The zero-order valence-corrected chi connectivity index (χ0v) is 13.5. The van der Waals surface area contributed by atoms with Crippen LogP contribution >= 0.6 is 0 Å². The van der Waals surface area contributed by atoms with Crippen molar-refractivity contribution >= 4 is 23.4 Å². The van der Waals surface area contributed by atoms with E-state index < -0.39 is 11.9 Å². The van der Waals surface area contributed by atoms with Crippen LogP contribution in [-0.2, 0) is 14.3 Å². The van der Waals surface area contributed by atoms with Crippen molar-refractivity contribution in [2.45, 2.75) is 13.0 Å². The molecule has 1 aromatic rings. The van der Waals surface area contributed by atoms with Crippen LogP contribution < -0.4 is 15.1 Å². The second-order valence-corrected chi connectivity index (χ2v) is 5.77. The number of nitrogens with one attached hydrogen (secondary N) is 1. The predicted molar refractivity (Wildman–Crippen MR) is 85.7 cm³/mol.